The minimum Gasteiger partial charge on any atom is -0.456 e. The second kappa shape index (κ2) is 6.06. The van der Waals surface area contributed by atoms with Gasteiger partial charge in [-0.25, -0.2) is 4.79 Å². The SMILES string of the molecule is CC1C(C)(C)CC=C(c2ccc(C(=O)OC(C)(C)C)cc2)C1(C)C. The van der Waals surface area contributed by atoms with E-state index in [9.17, 15) is 4.79 Å². The molecule has 0 saturated carbocycles. The zero-order chi connectivity index (χ0) is 18.3. The van der Waals surface area contributed by atoms with Crippen molar-refractivity contribution in [3.05, 3.63) is 41.5 Å². The molecular formula is C22H32O2. The highest BCUT2D eigenvalue weighted by Gasteiger charge is 2.42. The summed E-state index contributed by atoms with van der Waals surface area (Å²) in [5, 5.41) is 0. The Balaban J connectivity index is 2.28. The van der Waals surface area contributed by atoms with Gasteiger partial charge >= 0.3 is 5.97 Å². The van der Waals surface area contributed by atoms with Crippen LogP contribution in [0.15, 0.2) is 30.3 Å². The molecule has 24 heavy (non-hydrogen) atoms. The summed E-state index contributed by atoms with van der Waals surface area (Å²) in [5.41, 5.74) is 3.14. The Bertz CT molecular complexity index is 640. The Hall–Kier alpha value is -1.57. The molecular weight excluding hydrogens is 296 g/mol. The van der Waals surface area contributed by atoms with Gasteiger partial charge in [-0.2, -0.15) is 0 Å². The summed E-state index contributed by atoms with van der Waals surface area (Å²) in [5.74, 6) is 0.316. The molecule has 0 spiro atoms. The summed E-state index contributed by atoms with van der Waals surface area (Å²) >= 11 is 0. The Labute approximate surface area is 147 Å². The molecule has 1 aromatic rings. The van der Waals surface area contributed by atoms with Crippen LogP contribution in [-0.4, -0.2) is 11.6 Å². The number of hydrogen-bond donors (Lipinski definition) is 0. The second-order valence-electron chi connectivity index (χ2n) is 9.33. The third kappa shape index (κ3) is 3.74. The Morgan fingerprint density at radius 1 is 1.08 bits per heavy atom. The van der Waals surface area contributed by atoms with Gasteiger partial charge in [-0.3, -0.25) is 0 Å². The van der Waals surface area contributed by atoms with Gasteiger partial charge in [-0.1, -0.05) is 52.8 Å². The maximum absolute atomic E-state index is 12.2. The second-order valence-corrected chi connectivity index (χ2v) is 9.33. The third-order valence-electron chi connectivity index (χ3n) is 5.61. The van der Waals surface area contributed by atoms with Crippen molar-refractivity contribution >= 4 is 11.5 Å². The minimum atomic E-state index is -0.468. The number of ether oxygens (including phenoxy) is 1. The summed E-state index contributed by atoms with van der Waals surface area (Å²) in [6.07, 6.45) is 3.46. The van der Waals surface area contributed by atoms with E-state index in [-0.39, 0.29) is 11.4 Å². The first-order valence-electron chi connectivity index (χ1n) is 8.89. The molecule has 2 heteroatoms. The van der Waals surface area contributed by atoms with Crippen LogP contribution in [0, 0.1) is 16.7 Å². The molecule has 0 N–H and O–H groups in total. The Morgan fingerprint density at radius 3 is 2.12 bits per heavy atom. The predicted octanol–water partition coefficient (Wildman–Crippen LogP) is 6.12. The zero-order valence-electron chi connectivity index (χ0n) is 16.5. The molecule has 0 amide bonds. The lowest BCUT2D eigenvalue weighted by Crippen LogP contribution is -2.38. The molecule has 2 nitrogen and oxygen atoms in total. The molecule has 1 atom stereocenters. The van der Waals surface area contributed by atoms with Crippen LogP contribution in [0.4, 0.5) is 0 Å². The summed E-state index contributed by atoms with van der Waals surface area (Å²) < 4.78 is 5.44. The number of benzene rings is 1. The van der Waals surface area contributed by atoms with Crippen molar-refractivity contribution in [3.63, 3.8) is 0 Å². The predicted molar refractivity (Wildman–Crippen MR) is 101 cm³/mol. The van der Waals surface area contributed by atoms with Gasteiger partial charge in [-0.15, -0.1) is 0 Å². The van der Waals surface area contributed by atoms with Crippen LogP contribution in [-0.2, 0) is 4.74 Å². The fourth-order valence-corrected chi connectivity index (χ4v) is 3.63. The number of carbonyl (C=O) groups excluding carboxylic acids is 1. The van der Waals surface area contributed by atoms with E-state index in [0.717, 1.165) is 6.42 Å². The van der Waals surface area contributed by atoms with E-state index in [1.807, 2.05) is 32.9 Å². The molecule has 1 aromatic carbocycles. The molecule has 2 rings (SSSR count). The molecule has 1 unspecified atom stereocenters. The lowest BCUT2D eigenvalue weighted by Gasteiger charge is -2.48. The van der Waals surface area contributed by atoms with Crippen LogP contribution < -0.4 is 0 Å². The van der Waals surface area contributed by atoms with Crippen molar-refractivity contribution in [2.24, 2.45) is 16.7 Å². The first kappa shape index (κ1) is 18.8. The van der Waals surface area contributed by atoms with E-state index in [1.165, 1.54) is 11.1 Å². The largest absolute Gasteiger partial charge is 0.456 e. The molecule has 0 fully saturated rings. The number of esters is 1. The van der Waals surface area contributed by atoms with E-state index in [4.69, 9.17) is 4.74 Å². The van der Waals surface area contributed by atoms with Crippen molar-refractivity contribution in [1.82, 2.24) is 0 Å². The molecule has 0 saturated heterocycles. The van der Waals surface area contributed by atoms with E-state index in [2.05, 4.69) is 52.8 Å². The normalized spacial score (nSPS) is 22.7. The summed E-state index contributed by atoms with van der Waals surface area (Å²) in [6.45, 7) is 17.4. The van der Waals surface area contributed by atoms with Crippen LogP contribution >= 0.6 is 0 Å². The van der Waals surface area contributed by atoms with Gasteiger partial charge in [0.15, 0.2) is 0 Å². The van der Waals surface area contributed by atoms with Crippen molar-refractivity contribution in [3.8, 4) is 0 Å². The van der Waals surface area contributed by atoms with E-state index in [0.29, 0.717) is 16.9 Å². The zero-order valence-corrected chi connectivity index (χ0v) is 16.5. The monoisotopic (exact) mass is 328 g/mol. The molecule has 0 bridgehead atoms. The van der Waals surface area contributed by atoms with Crippen LogP contribution in [0.1, 0.15) is 77.7 Å². The highest BCUT2D eigenvalue weighted by molar-refractivity contribution is 5.90. The third-order valence-corrected chi connectivity index (χ3v) is 5.61. The maximum atomic E-state index is 12.2. The van der Waals surface area contributed by atoms with Gasteiger partial charge in [0.2, 0.25) is 0 Å². The van der Waals surface area contributed by atoms with Crippen molar-refractivity contribution in [1.29, 1.82) is 0 Å². The maximum Gasteiger partial charge on any atom is 0.338 e. The average Bonchev–Trinajstić information content (AvgIpc) is 2.43. The van der Waals surface area contributed by atoms with Crippen molar-refractivity contribution in [2.45, 2.75) is 67.4 Å². The van der Waals surface area contributed by atoms with Crippen molar-refractivity contribution in [2.75, 3.05) is 0 Å². The fraction of sp³-hybridized carbons (Fsp3) is 0.591. The standard InChI is InChI=1S/C22H32O2/c1-15-21(5,6)14-13-18(22(15,7)8)16-9-11-17(12-10-16)19(23)24-20(2,3)4/h9-13,15H,14H2,1-8H3. The molecule has 1 aliphatic rings. The van der Waals surface area contributed by atoms with Gasteiger partial charge in [0.25, 0.3) is 0 Å². The van der Waals surface area contributed by atoms with E-state index in [1.54, 1.807) is 0 Å². The topological polar surface area (TPSA) is 26.3 Å². The number of rotatable bonds is 2. The quantitative estimate of drug-likeness (QED) is 0.611. The van der Waals surface area contributed by atoms with Crippen LogP contribution in [0.2, 0.25) is 0 Å². The summed E-state index contributed by atoms with van der Waals surface area (Å²) in [6, 6.07) is 7.87. The average molecular weight is 328 g/mol. The first-order chi connectivity index (χ1) is 10.8. The minimum absolute atomic E-state index is 0.106. The first-order valence-corrected chi connectivity index (χ1v) is 8.89. The Morgan fingerprint density at radius 2 is 1.62 bits per heavy atom. The molecule has 132 valence electrons. The summed E-state index contributed by atoms with van der Waals surface area (Å²) in [4.78, 5) is 12.2. The fourth-order valence-electron chi connectivity index (χ4n) is 3.63. The summed E-state index contributed by atoms with van der Waals surface area (Å²) in [7, 11) is 0. The van der Waals surface area contributed by atoms with Gasteiger partial charge in [0.05, 0.1) is 5.56 Å². The van der Waals surface area contributed by atoms with Gasteiger partial charge < -0.3 is 4.74 Å². The van der Waals surface area contributed by atoms with Gasteiger partial charge in [-0.05, 0) is 67.2 Å². The molecule has 1 aliphatic carbocycles. The van der Waals surface area contributed by atoms with Crippen LogP contribution in [0.3, 0.4) is 0 Å². The van der Waals surface area contributed by atoms with Gasteiger partial charge in [0.1, 0.15) is 5.60 Å². The highest BCUT2D eigenvalue weighted by Crippen LogP contribution is 2.53. The molecule has 0 aliphatic heterocycles. The smallest absolute Gasteiger partial charge is 0.338 e. The molecule has 0 heterocycles. The number of carbonyl (C=O) groups is 1. The number of allylic oxidation sites excluding steroid dienone is 2. The van der Waals surface area contributed by atoms with Crippen molar-refractivity contribution < 1.29 is 9.53 Å². The number of hydrogen-bond acceptors (Lipinski definition) is 2. The molecule has 0 aromatic heterocycles. The van der Waals surface area contributed by atoms with E-state index >= 15 is 0 Å². The molecule has 0 radical (unpaired) electrons. The lowest BCUT2D eigenvalue weighted by atomic mass is 9.57. The van der Waals surface area contributed by atoms with Crippen LogP contribution in [0.5, 0.6) is 0 Å². The highest BCUT2D eigenvalue weighted by atomic mass is 16.6. The van der Waals surface area contributed by atoms with E-state index < -0.39 is 5.60 Å². The van der Waals surface area contributed by atoms with Crippen LogP contribution in [0.25, 0.3) is 5.57 Å². The lowest BCUT2D eigenvalue weighted by molar-refractivity contribution is 0.00695. The Kier molecular flexibility index (Phi) is 4.74. The van der Waals surface area contributed by atoms with Gasteiger partial charge in [0, 0.05) is 0 Å².